The Morgan fingerprint density at radius 2 is 1.92 bits per heavy atom. The zero-order valence-electron chi connectivity index (χ0n) is 22.0. The van der Waals surface area contributed by atoms with Gasteiger partial charge in [-0.05, 0) is 54.9 Å². The number of sulfonamides is 1. The molecule has 1 aliphatic heterocycles. The molecule has 1 fully saturated rings. The number of rotatable bonds is 12. The predicted molar refractivity (Wildman–Crippen MR) is 143 cm³/mol. The van der Waals surface area contributed by atoms with Gasteiger partial charge in [0.1, 0.15) is 6.10 Å². The van der Waals surface area contributed by atoms with Crippen LogP contribution in [0.3, 0.4) is 0 Å². The summed E-state index contributed by atoms with van der Waals surface area (Å²) in [5.41, 5.74) is 6.20. The molecule has 3 rings (SSSR count). The third kappa shape index (κ3) is 8.56. The van der Waals surface area contributed by atoms with Crippen molar-refractivity contribution in [2.75, 3.05) is 32.0 Å². The van der Waals surface area contributed by atoms with E-state index in [0.29, 0.717) is 44.1 Å². The van der Waals surface area contributed by atoms with Crippen molar-refractivity contribution in [3.63, 3.8) is 0 Å². The fourth-order valence-electron chi connectivity index (χ4n) is 4.60. The van der Waals surface area contributed by atoms with Crippen molar-refractivity contribution in [2.45, 2.75) is 63.2 Å². The Hall–Kier alpha value is -2.40. The van der Waals surface area contributed by atoms with Crippen LogP contribution in [0.15, 0.2) is 53.5 Å². The lowest BCUT2D eigenvalue weighted by Gasteiger charge is -2.31. The van der Waals surface area contributed by atoms with E-state index < -0.39 is 28.3 Å². The fraction of sp³-hybridized carbons (Fsp3) is 0.593. The smallest absolute Gasteiger partial charge is 0.407 e. The normalized spacial score (nSPS) is 23.4. The second kappa shape index (κ2) is 13.4. The van der Waals surface area contributed by atoms with Crippen LogP contribution < -0.4 is 11.1 Å². The van der Waals surface area contributed by atoms with Crippen LogP contribution in [-0.4, -0.2) is 68.5 Å². The molecule has 206 valence electrons. The molecule has 10 heteroatoms. The number of amides is 1. The molecule has 9 nitrogen and oxygen atoms in total. The molecule has 1 aromatic rings. The quantitative estimate of drug-likeness (QED) is 0.350. The van der Waals surface area contributed by atoms with Crippen molar-refractivity contribution in [3.8, 4) is 0 Å². The van der Waals surface area contributed by atoms with Gasteiger partial charge in [0, 0.05) is 25.2 Å². The maximum atomic E-state index is 13.5. The first-order valence-electron chi connectivity index (χ1n) is 13.0. The molecule has 1 aliphatic carbocycles. The summed E-state index contributed by atoms with van der Waals surface area (Å²) in [7, 11) is -3.90. The molecule has 0 radical (unpaired) electrons. The van der Waals surface area contributed by atoms with E-state index in [1.165, 1.54) is 28.6 Å². The molecular weight excluding hydrogens is 494 g/mol. The fourth-order valence-corrected chi connectivity index (χ4v) is 6.22. The van der Waals surface area contributed by atoms with Crippen LogP contribution in [0.1, 0.15) is 40.0 Å². The van der Waals surface area contributed by atoms with E-state index in [9.17, 15) is 18.3 Å². The molecule has 4 N–H and O–H groups in total. The van der Waals surface area contributed by atoms with E-state index in [1.807, 2.05) is 26.0 Å². The van der Waals surface area contributed by atoms with Crippen molar-refractivity contribution >= 4 is 21.8 Å². The minimum atomic E-state index is -3.90. The minimum absolute atomic E-state index is 0.0227. The standard InChI is InChI=1S/C27H41N3O6S/c1-19(2)16-30(37(33,34)24-11-9-22(28)10-12-24)17-26(31)25(13-8-21-7-5-4-6-20(21)3)29-27(32)36-23-14-15-35-18-23/h4-7,9-12,19-21,23,25-26,31H,8,13-18,28H2,1-3H3,(H,29,32). The Morgan fingerprint density at radius 1 is 1.22 bits per heavy atom. The summed E-state index contributed by atoms with van der Waals surface area (Å²) in [6.07, 6.45) is 7.96. The van der Waals surface area contributed by atoms with Crippen LogP contribution in [0, 0.1) is 17.8 Å². The van der Waals surface area contributed by atoms with Crippen LogP contribution in [0.4, 0.5) is 10.5 Å². The molecule has 1 aromatic carbocycles. The van der Waals surface area contributed by atoms with Gasteiger partial charge in [-0.1, -0.05) is 45.1 Å². The Kier molecular flexibility index (Phi) is 10.6. The number of alkyl carbamates (subject to hydrolysis) is 1. The van der Waals surface area contributed by atoms with Crippen molar-refractivity contribution in [2.24, 2.45) is 17.8 Å². The number of nitrogen functional groups attached to an aromatic ring is 1. The summed E-state index contributed by atoms with van der Waals surface area (Å²) < 4.78 is 39.0. The van der Waals surface area contributed by atoms with Crippen molar-refractivity contribution in [1.82, 2.24) is 9.62 Å². The molecule has 0 bridgehead atoms. The number of hydrogen-bond acceptors (Lipinski definition) is 7. The highest BCUT2D eigenvalue weighted by Gasteiger charge is 2.32. The van der Waals surface area contributed by atoms with E-state index in [-0.39, 0.29) is 35.9 Å². The Morgan fingerprint density at radius 3 is 2.54 bits per heavy atom. The van der Waals surface area contributed by atoms with E-state index in [4.69, 9.17) is 15.2 Å². The molecular formula is C27H41N3O6S. The van der Waals surface area contributed by atoms with Gasteiger partial charge < -0.3 is 25.6 Å². The van der Waals surface area contributed by atoms with E-state index in [0.717, 1.165) is 0 Å². The van der Waals surface area contributed by atoms with Gasteiger partial charge in [-0.2, -0.15) is 4.31 Å². The van der Waals surface area contributed by atoms with Crippen LogP contribution in [0.2, 0.25) is 0 Å². The highest BCUT2D eigenvalue weighted by molar-refractivity contribution is 7.89. The second-order valence-electron chi connectivity index (χ2n) is 10.4. The van der Waals surface area contributed by atoms with Crippen molar-refractivity contribution in [3.05, 3.63) is 48.6 Å². The number of benzene rings is 1. The van der Waals surface area contributed by atoms with Crippen molar-refractivity contribution < 1.29 is 27.8 Å². The number of nitrogens with one attached hydrogen (secondary N) is 1. The first-order chi connectivity index (χ1) is 17.6. The molecule has 0 aromatic heterocycles. The molecule has 37 heavy (non-hydrogen) atoms. The third-order valence-electron chi connectivity index (χ3n) is 6.78. The van der Waals surface area contributed by atoms with Gasteiger partial charge in [-0.15, -0.1) is 0 Å². The molecule has 2 aliphatic rings. The van der Waals surface area contributed by atoms with Crippen molar-refractivity contribution in [1.29, 1.82) is 0 Å². The van der Waals surface area contributed by atoms with E-state index in [2.05, 4.69) is 24.4 Å². The summed E-state index contributed by atoms with van der Waals surface area (Å²) >= 11 is 0. The monoisotopic (exact) mass is 535 g/mol. The van der Waals surface area contributed by atoms with Gasteiger partial charge >= 0.3 is 6.09 Å². The first-order valence-corrected chi connectivity index (χ1v) is 14.4. The molecule has 5 unspecified atom stereocenters. The number of nitrogens with zero attached hydrogens (tertiary/aromatic N) is 1. The average Bonchev–Trinajstić information content (AvgIpc) is 3.35. The molecule has 1 saturated heterocycles. The van der Waals surface area contributed by atoms with Gasteiger partial charge in [-0.25, -0.2) is 13.2 Å². The largest absolute Gasteiger partial charge is 0.444 e. The highest BCUT2D eigenvalue weighted by atomic mass is 32.2. The van der Waals surface area contributed by atoms with Crippen LogP contribution >= 0.6 is 0 Å². The second-order valence-corrected chi connectivity index (χ2v) is 12.3. The number of ether oxygens (including phenoxy) is 2. The number of aliphatic hydroxyl groups is 1. The average molecular weight is 536 g/mol. The Labute approximate surface area is 220 Å². The van der Waals surface area contributed by atoms with Crippen LogP contribution in [0.5, 0.6) is 0 Å². The Balaban J connectivity index is 1.76. The van der Waals surface area contributed by atoms with Gasteiger partial charge in [0.05, 0.1) is 30.3 Å². The number of carbonyl (C=O) groups is 1. The molecule has 1 heterocycles. The zero-order valence-corrected chi connectivity index (χ0v) is 22.8. The highest BCUT2D eigenvalue weighted by Crippen LogP contribution is 2.26. The molecule has 0 spiro atoms. The van der Waals surface area contributed by atoms with Gasteiger partial charge in [0.25, 0.3) is 0 Å². The maximum absolute atomic E-state index is 13.5. The summed E-state index contributed by atoms with van der Waals surface area (Å²) in [5.74, 6) is 0.606. The molecule has 1 amide bonds. The third-order valence-corrected chi connectivity index (χ3v) is 8.62. The van der Waals surface area contributed by atoms with Crippen LogP contribution in [-0.2, 0) is 19.5 Å². The topological polar surface area (TPSA) is 131 Å². The van der Waals surface area contributed by atoms with Gasteiger partial charge in [0.2, 0.25) is 10.0 Å². The lowest BCUT2D eigenvalue weighted by Crippen LogP contribution is -2.50. The Bertz CT molecular complexity index is 1030. The number of allylic oxidation sites excluding steroid dienone is 4. The first kappa shape index (κ1) is 29.2. The summed E-state index contributed by atoms with van der Waals surface area (Å²) in [6, 6.07) is 5.31. The van der Waals surface area contributed by atoms with E-state index in [1.54, 1.807) is 0 Å². The minimum Gasteiger partial charge on any atom is -0.444 e. The number of nitrogens with two attached hydrogens (primary N) is 1. The summed E-state index contributed by atoms with van der Waals surface area (Å²) in [5, 5.41) is 14.1. The van der Waals surface area contributed by atoms with E-state index >= 15 is 0 Å². The van der Waals surface area contributed by atoms with Crippen LogP contribution in [0.25, 0.3) is 0 Å². The lowest BCUT2D eigenvalue weighted by molar-refractivity contribution is 0.0617. The number of hydrogen-bond donors (Lipinski definition) is 3. The lowest BCUT2D eigenvalue weighted by atomic mass is 9.85. The predicted octanol–water partition coefficient (Wildman–Crippen LogP) is 3.32. The number of anilines is 1. The zero-order chi connectivity index (χ0) is 27.0. The number of carbonyl (C=O) groups excluding carboxylic acids is 1. The SMILES string of the molecule is CC(C)CN(CC(O)C(CCC1C=CC=CC1C)NC(=O)OC1CCOC1)S(=O)(=O)c1ccc(N)cc1. The molecule has 5 atom stereocenters. The maximum Gasteiger partial charge on any atom is 0.407 e. The summed E-state index contributed by atoms with van der Waals surface area (Å²) in [4.78, 5) is 12.8. The van der Waals surface area contributed by atoms with Gasteiger partial charge in [0.15, 0.2) is 0 Å². The van der Waals surface area contributed by atoms with Gasteiger partial charge in [-0.3, -0.25) is 0 Å². The number of aliphatic hydroxyl groups excluding tert-OH is 1. The molecule has 0 saturated carbocycles. The summed E-state index contributed by atoms with van der Waals surface area (Å²) in [6.45, 7) is 6.89.